The van der Waals surface area contributed by atoms with E-state index in [0.717, 1.165) is 44.3 Å². The average molecular weight is 495 g/mol. The molecule has 0 aromatic heterocycles. The molecule has 35 heavy (non-hydrogen) atoms. The maximum Gasteiger partial charge on any atom is 0.220 e. The fourth-order valence-electron chi connectivity index (χ4n) is 6.28. The molecule has 4 nitrogen and oxygen atoms in total. The lowest BCUT2D eigenvalue weighted by atomic mass is 9.85. The van der Waals surface area contributed by atoms with Crippen LogP contribution in [-0.4, -0.2) is 55.1 Å². The van der Waals surface area contributed by atoms with Gasteiger partial charge in [-0.2, -0.15) is 0 Å². The van der Waals surface area contributed by atoms with Gasteiger partial charge in [0.2, 0.25) is 10.0 Å². The fourth-order valence-corrected chi connectivity index (χ4v) is 8.20. The van der Waals surface area contributed by atoms with Crippen LogP contribution < -0.4 is 0 Å². The Bertz CT molecular complexity index is 1200. The van der Waals surface area contributed by atoms with E-state index in [-0.39, 0.29) is 11.7 Å². The fraction of sp³-hybridized carbons (Fsp3) is 0.517. The Morgan fingerprint density at radius 3 is 2.46 bits per heavy atom. The molecule has 2 aromatic carbocycles. The van der Waals surface area contributed by atoms with Gasteiger partial charge in [-0.3, -0.25) is 4.90 Å². The minimum absolute atomic E-state index is 0.0816. The van der Waals surface area contributed by atoms with Gasteiger partial charge in [-0.25, -0.2) is 17.1 Å². The van der Waals surface area contributed by atoms with E-state index in [2.05, 4.69) is 41.8 Å². The van der Waals surface area contributed by atoms with Crippen LogP contribution in [0.5, 0.6) is 0 Å². The monoisotopic (exact) mass is 494 g/mol. The van der Waals surface area contributed by atoms with Crippen LogP contribution in [0, 0.1) is 11.7 Å². The van der Waals surface area contributed by atoms with E-state index in [9.17, 15) is 8.42 Å². The molecule has 2 heterocycles. The summed E-state index contributed by atoms with van der Waals surface area (Å²) >= 11 is 0. The predicted octanol–water partition coefficient (Wildman–Crippen LogP) is 4.87. The zero-order valence-electron chi connectivity index (χ0n) is 20.3. The normalized spacial score (nSPS) is 26.1. The van der Waals surface area contributed by atoms with Crippen molar-refractivity contribution in [2.75, 3.05) is 26.2 Å². The standard InChI is InChI=1S/C29H35FN2O2S/c1-2-24(13-21-9-10-21)35(33,34)32-18-23(19-32)26-17-25-22(15-28(26)30)16-29(31-11-6-12-31)27(25)14-20-7-4-3-5-8-20/h2-5,7-8,15,17,21,23-24,27,29H,1,6,9-14,16,18-19H2. The molecule has 0 bridgehead atoms. The number of hydrogen-bond donors (Lipinski definition) is 0. The summed E-state index contributed by atoms with van der Waals surface area (Å²) in [4.78, 5) is 2.55. The van der Waals surface area contributed by atoms with Crippen LogP contribution >= 0.6 is 0 Å². The topological polar surface area (TPSA) is 40.6 Å². The molecule has 0 spiro atoms. The molecule has 3 atom stereocenters. The summed E-state index contributed by atoms with van der Waals surface area (Å²) in [6.07, 6.45) is 7.57. The van der Waals surface area contributed by atoms with E-state index in [4.69, 9.17) is 0 Å². The number of nitrogens with zero attached hydrogens (tertiary/aromatic N) is 2. The first-order chi connectivity index (χ1) is 16.9. The lowest BCUT2D eigenvalue weighted by molar-refractivity contribution is 0.106. The second-order valence-corrected chi connectivity index (χ2v) is 13.2. The Hall–Kier alpha value is -2.02. The Kier molecular flexibility index (Phi) is 6.10. The summed E-state index contributed by atoms with van der Waals surface area (Å²) in [6, 6.07) is 14.8. The van der Waals surface area contributed by atoms with Crippen molar-refractivity contribution in [3.05, 3.63) is 83.2 Å². The highest BCUT2D eigenvalue weighted by Crippen LogP contribution is 2.44. The van der Waals surface area contributed by atoms with Crippen LogP contribution in [-0.2, 0) is 22.9 Å². The summed E-state index contributed by atoms with van der Waals surface area (Å²) in [5.74, 6) is 0.601. The number of likely N-dealkylation sites (tertiary alicyclic amines) is 1. The summed E-state index contributed by atoms with van der Waals surface area (Å²) in [5.41, 5.74) is 4.40. The summed E-state index contributed by atoms with van der Waals surface area (Å²) in [5, 5.41) is -0.520. The smallest absolute Gasteiger partial charge is 0.220 e. The molecule has 3 fully saturated rings. The Balaban J connectivity index is 1.23. The second-order valence-electron chi connectivity index (χ2n) is 11.0. The van der Waals surface area contributed by atoms with Crippen LogP contribution in [0.15, 0.2) is 55.1 Å². The molecule has 0 amide bonds. The quantitative estimate of drug-likeness (QED) is 0.467. The first-order valence-electron chi connectivity index (χ1n) is 13.2. The first-order valence-corrected chi connectivity index (χ1v) is 14.7. The van der Waals surface area contributed by atoms with E-state index >= 15 is 4.39 Å². The van der Waals surface area contributed by atoms with Crippen molar-refractivity contribution in [2.24, 2.45) is 5.92 Å². The molecule has 0 N–H and O–H groups in total. The van der Waals surface area contributed by atoms with Crippen molar-refractivity contribution in [3.63, 3.8) is 0 Å². The van der Waals surface area contributed by atoms with Crippen molar-refractivity contribution in [3.8, 4) is 0 Å². The van der Waals surface area contributed by atoms with Crippen molar-refractivity contribution < 1.29 is 12.8 Å². The van der Waals surface area contributed by atoms with Gasteiger partial charge in [0.05, 0.1) is 5.25 Å². The minimum atomic E-state index is -3.42. The number of hydrogen-bond acceptors (Lipinski definition) is 3. The van der Waals surface area contributed by atoms with Crippen LogP contribution in [0.1, 0.15) is 59.8 Å². The van der Waals surface area contributed by atoms with Crippen LogP contribution in [0.4, 0.5) is 4.39 Å². The molecule has 2 saturated heterocycles. The SMILES string of the molecule is C=CC(CC1CC1)S(=O)(=O)N1CC(c2cc3c(cc2F)CC(N2CCC2)C3Cc2ccccc2)C1. The van der Waals surface area contributed by atoms with E-state index in [0.29, 0.717) is 43.0 Å². The number of benzene rings is 2. The molecule has 3 unspecified atom stereocenters. The van der Waals surface area contributed by atoms with Gasteiger partial charge < -0.3 is 0 Å². The predicted molar refractivity (Wildman–Crippen MR) is 138 cm³/mol. The third-order valence-electron chi connectivity index (χ3n) is 8.77. The minimum Gasteiger partial charge on any atom is -0.299 e. The van der Waals surface area contributed by atoms with Crippen molar-refractivity contribution in [1.29, 1.82) is 0 Å². The van der Waals surface area contributed by atoms with E-state index in [1.54, 1.807) is 16.4 Å². The number of fused-ring (bicyclic) bond motifs is 1. The molecule has 4 aliphatic rings. The van der Waals surface area contributed by atoms with E-state index in [1.165, 1.54) is 17.5 Å². The summed E-state index contributed by atoms with van der Waals surface area (Å²) in [7, 11) is -3.42. The zero-order chi connectivity index (χ0) is 24.2. The highest BCUT2D eigenvalue weighted by Gasteiger charge is 2.44. The highest BCUT2D eigenvalue weighted by molar-refractivity contribution is 7.89. The molecule has 6 heteroatoms. The zero-order valence-corrected chi connectivity index (χ0v) is 21.1. The molecule has 1 saturated carbocycles. The Morgan fingerprint density at radius 2 is 1.83 bits per heavy atom. The molecular formula is C29H35FN2O2S. The van der Waals surface area contributed by atoms with Gasteiger partial charge in [0.1, 0.15) is 5.82 Å². The average Bonchev–Trinajstić information content (AvgIpc) is 3.54. The molecule has 2 aliphatic carbocycles. The summed E-state index contributed by atoms with van der Waals surface area (Å²) < 4.78 is 43.1. The van der Waals surface area contributed by atoms with Gasteiger partial charge in [0, 0.05) is 31.0 Å². The lowest BCUT2D eigenvalue weighted by Crippen LogP contribution is -2.51. The van der Waals surface area contributed by atoms with Crippen molar-refractivity contribution >= 4 is 10.0 Å². The molecule has 186 valence electrons. The van der Waals surface area contributed by atoms with Crippen LogP contribution in [0.2, 0.25) is 0 Å². The van der Waals surface area contributed by atoms with Crippen molar-refractivity contribution in [1.82, 2.24) is 9.21 Å². The van der Waals surface area contributed by atoms with Crippen LogP contribution in [0.25, 0.3) is 0 Å². The van der Waals surface area contributed by atoms with Gasteiger partial charge in [0.25, 0.3) is 0 Å². The maximum absolute atomic E-state index is 15.3. The molecular weight excluding hydrogens is 459 g/mol. The third kappa shape index (κ3) is 4.38. The Morgan fingerprint density at radius 1 is 1.09 bits per heavy atom. The third-order valence-corrected chi connectivity index (χ3v) is 10.9. The van der Waals surface area contributed by atoms with E-state index < -0.39 is 15.3 Å². The second kappa shape index (κ2) is 9.13. The van der Waals surface area contributed by atoms with E-state index in [1.807, 2.05) is 6.07 Å². The van der Waals surface area contributed by atoms with Gasteiger partial charge >= 0.3 is 0 Å². The molecule has 2 aromatic rings. The van der Waals surface area contributed by atoms with Crippen molar-refractivity contribution in [2.45, 2.75) is 61.7 Å². The number of rotatable bonds is 9. The highest BCUT2D eigenvalue weighted by atomic mass is 32.2. The van der Waals surface area contributed by atoms with Gasteiger partial charge in [0.15, 0.2) is 0 Å². The first kappa shape index (κ1) is 23.4. The number of sulfonamides is 1. The van der Waals surface area contributed by atoms with Gasteiger partial charge in [-0.05, 0) is 73.0 Å². The van der Waals surface area contributed by atoms with Gasteiger partial charge in [-0.15, -0.1) is 6.58 Å². The molecule has 0 radical (unpaired) electrons. The largest absolute Gasteiger partial charge is 0.299 e. The van der Waals surface area contributed by atoms with Crippen LogP contribution in [0.3, 0.4) is 0 Å². The maximum atomic E-state index is 15.3. The van der Waals surface area contributed by atoms with Gasteiger partial charge in [-0.1, -0.05) is 55.3 Å². The summed E-state index contributed by atoms with van der Waals surface area (Å²) in [6.45, 7) is 6.77. The molecule has 2 aliphatic heterocycles. The Labute approximate surface area is 208 Å². The molecule has 6 rings (SSSR count). The lowest BCUT2D eigenvalue weighted by Gasteiger charge is -2.40. The number of halogens is 1.